The SMILES string of the molecule is Cc1cc(N2CCN(CC(C#N)CCC#N)CC2)nc(C(C)C)n1. The van der Waals surface area contributed by atoms with Gasteiger partial charge in [-0.1, -0.05) is 13.8 Å². The Labute approximate surface area is 144 Å². The number of anilines is 1. The Morgan fingerprint density at radius 3 is 2.46 bits per heavy atom. The summed E-state index contributed by atoms with van der Waals surface area (Å²) in [7, 11) is 0. The summed E-state index contributed by atoms with van der Waals surface area (Å²) in [6.07, 6.45) is 1.12. The topological polar surface area (TPSA) is 79.8 Å². The molecule has 1 aromatic heterocycles. The van der Waals surface area contributed by atoms with Gasteiger partial charge in [-0.15, -0.1) is 0 Å². The number of hydrogen-bond acceptors (Lipinski definition) is 6. The van der Waals surface area contributed by atoms with Crippen LogP contribution in [0.3, 0.4) is 0 Å². The quantitative estimate of drug-likeness (QED) is 0.799. The second kappa shape index (κ2) is 8.61. The number of aromatic nitrogens is 2. The lowest BCUT2D eigenvalue weighted by Crippen LogP contribution is -2.48. The van der Waals surface area contributed by atoms with Crippen LogP contribution < -0.4 is 4.90 Å². The van der Waals surface area contributed by atoms with Gasteiger partial charge >= 0.3 is 0 Å². The second-order valence-electron chi connectivity index (χ2n) is 6.69. The molecule has 1 aliphatic heterocycles. The van der Waals surface area contributed by atoms with Crippen molar-refractivity contribution in [3.63, 3.8) is 0 Å². The van der Waals surface area contributed by atoms with Gasteiger partial charge in [-0.05, 0) is 13.3 Å². The number of nitrogens with zero attached hydrogens (tertiary/aromatic N) is 6. The van der Waals surface area contributed by atoms with E-state index in [1.165, 1.54) is 0 Å². The molecule has 0 N–H and O–H groups in total. The van der Waals surface area contributed by atoms with E-state index in [4.69, 9.17) is 10.2 Å². The van der Waals surface area contributed by atoms with Crippen molar-refractivity contribution in [2.75, 3.05) is 37.6 Å². The molecule has 0 aromatic carbocycles. The fraction of sp³-hybridized carbons (Fsp3) is 0.667. The highest BCUT2D eigenvalue weighted by Crippen LogP contribution is 2.19. The molecule has 0 bridgehead atoms. The molecular formula is C18H26N6. The monoisotopic (exact) mass is 326 g/mol. The van der Waals surface area contributed by atoms with Crippen LogP contribution >= 0.6 is 0 Å². The predicted molar refractivity (Wildman–Crippen MR) is 93.5 cm³/mol. The van der Waals surface area contributed by atoms with Crippen LogP contribution in [-0.2, 0) is 0 Å². The predicted octanol–water partition coefficient (Wildman–Crippen LogP) is 2.47. The largest absolute Gasteiger partial charge is 0.354 e. The van der Waals surface area contributed by atoms with E-state index in [2.05, 4.69) is 40.8 Å². The van der Waals surface area contributed by atoms with E-state index in [1.807, 2.05) is 13.0 Å². The molecule has 1 unspecified atom stereocenters. The molecule has 1 atom stereocenters. The highest BCUT2D eigenvalue weighted by molar-refractivity contribution is 5.40. The lowest BCUT2D eigenvalue weighted by molar-refractivity contribution is 0.232. The minimum absolute atomic E-state index is 0.0509. The average molecular weight is 326 g/mol. The Morgan fingerprint density at radius 1 is 1.17 bits per heavy atom. The maximum atomic E-state index is 9.21. The summed E-state index contributed by atoms with van der Waals surface area (Å²) in [6.45, 7) is 10.6. The van der Waals surface area contributed by atoms with Gasteiger partial charge in [0.15, 0.2) is 0 Å². The second-order valence-corrected chi connectivity index (χ2v) is 6.69. The standard InChI is InChI=1S/C18H26N6/c1-14(2)18-21-15(3)11-17(22-18)24-9-7-23(8-10-24)13-16(12-20)5-4-6-19/h11,14,16H,4-5,7-10,13H2,1-3H3. The highest BCUT2D eigenvalue weighted by atomic mass is 15.3. The molecule has 1 aliphatic rings. The van der Waals surface area contributed by atoms with E-state index < -0.39 is 0 Å². The lowest BCUT2D eigenvalue weighted by Gasteiger charge is -2.36. The van der Waals surface area contributed by atoms with E-state index >= 15 is 0 Å². The van der Waals surface area contributed by atoms with Crippen molar-refractivity contribution in [3.8, 4) is 12.1 Å². The Hall–Kier alpha value is -2.18. The number of aryl methyl sites for hydroxylation is 1. The zero-order valence-corrected chi connectivity index (χ0v) is 14.9. The fourth-order valence-corrected chi connectivity index (χ4v) is 2.90. The maximum Gasteiger partial charge on any atom is 0.133 e. The number of nitriles is 2. The first-order chi connectivity index (χ1) is 11.5. The molecule has 1 fully saturated rings. The average Bonchev–Trinajstić information content (AvgIpc) is 2.58. The Morgan fingerprint density at radius 2 is 1.88 bits per heavy atom. The Bertz CT molecular complexity index is 619. The van der Waals surface area contributed by atoms with Gasteiger partial charge in [-0.2, -0.15) is 10.5 Å². The number of hydrogen-bond donors (Lipinski definition) is 0. The Kier molecular flexibility index (Phi) is 6.52. The summed E-state index contributed by atoms with van der Waals surface area (Å²) in [6, 6.07) is 6.50. The van der Waals surface area contributed by atoms with E-state index in [0.717, 1.165) is 50.1 Å². The molecule has 0 saturated carbocycles. The molecule has 0 aliphatic carbocycles. The summed E-state index contributed by atoms with van der Waals surface area (Å²) in [5.74, 6) is 2.17. The minimum atomic E-state index is -0.0509. The number of piperazine rings is 1. The summed E-state index contributed by atoms with van der Waals surface area (Å²) in [4.78, 5) is 13.8. The molecule has 6 nitrogen and oxygen atoms in total. The molecule has 1 saturated heterocycles. The molecule has 2 heterocycles. The van der Waals surface area contributed by atoms with Crippen LogP contribution in [0.4, 0.5) is 5.82 Å². The molecular weight excluding hydrogens is 300 g/mol. The van der Waals surface area contributed by atoms with Crippen LogP contribution in [0.25, 0.3) is 0 Å². The third-order valence-corrected chi connectivity index (χ3v) is 4.34. The van der Waals surface area contributed by atoms with Gasteiger partial charge in [-0.25, -0.2) is 9.97 Å². The smallest absolute Gasteiger partial charge is 0.133 e. The van der Waals surface area contributed by atoms with Gasteiger partial charge in [0.05, 0.1) is 18.1 Å². The van der Waals surface area contributed by atoms with Crippen LogP contribution in [0.5, 0.6) is 0 Å². The molecule has 128 valence electrons. The lowest BCUT2D eigenvalue weighted by atomic mass is 10.0. The normalized spacial score (nSPS) is 16.7. The molecule has 0 spiro atoms. The first kappa shape index (κ1) is 18.2. The number of rotatable bonds is 6. The Balaban J connectivity index is 1.93. The van der Waals surface area contributed by atoms with Crippen molar-refractivity contribution in [1.82, 2.24) is 14.9 Å². The van der Waals surface area contributed by atoms with Crippen molar-refractivity contribution >= 4 is 5.82 Å². The first-order valence-corrected chi connectivity index (χ1v) is 8.63. The van der Waals surface area contributed by atoms with Crippen molar-refractivity contribution in [2.45, 2.75) is 39.5 Å². The van der Waals surface area contributed by atoms with Gasteiger partial charge in [0.2, 0.25) is 0 Å². The van der Waals surface area contributed by atoms with Crippen LogP contribution in [0.1, 0.15) is 44.1 Å². The highest BCUT2D eigenvalue weighted by Gasteiger charge is 2.21. The zero-order valence-electron chi connectivity index (χ0n) is 14.9. The summed E-state index contributed by atoms with van der Waals surface area (Å²) < 4.78 is 0. The first-order valence-electron chi connectivity index (χ1n) is 8.63. The van der Waals surface area contributed by atoms with Gasteiger partial charge in [0.25, 0.3) is 0 Å². The summed E-state index contributed by atoms with van der Waals surface area (Å²) in [5, 5.41) is 17.9. The molecule has 6 heteroatoms. The van der Waals surface area contributed by atoms with E-state index in [1.54, 1.807) is 0 Å². The fourth-order valence-electron chi connectivity index (χ4n) is 2.90. The third-order valence-electron chi connectivity index (χ3n) is 4.34. The summed E-state index contributed by atoms with van der Waals surface area (Å²) >= 11 is 0. The summed E-state index contributed by atoms with van der Waals surface area (Å²) in [5.41, 5.74) is 1.01. The van der Waals surface area contributed by atoms with Gasteiger partial charge < -0.3 is 4.90 Å². The third kappa shape index (κ3) is 4.91. The van der Waals surface area contributed by atoms with Gasteiger partial charge in [-0.3, -0.25) is 4.90 Å². The molecule has 2 rings (SSSR count). The van der Waals surface area contributed by atoms with Crippen molar-refractivity contribution in [2.24, 2.45) is 5.92 Å². The van der Waals surface area contributed by atoms with Gasteiger partial charge in [0.1, 0.15) is 11.6 Å². The van der Waals surface area contributed by atoms with E-state index in [-0.39, 0.29) is 5.92 Å². The van der Waals surface area contributed by atoms with Crippen molar-refractivity contribution in [1.29, 1.82) is 10.5 Å². The zero-order chi connectivity index (χ0) is 17.5. The van der Waals surface area contributed by atoms with E-state index in [0.29, 0.717) is 18.8 Å². The maximum absolute atomic E-state index is 9.21. The van der Waals surface area contributed by atoms with Crippen molar-refractivity contribution < 1.29 is 0 Å². The van der Waals surface area contributed by atoms with Crippen molar-refractivity contribution in [3.05, 3.63) is 17.6 Å². The minimum Gasteiger partial charge on any atom is -0.354 e. The molecule has 24 heavy (non-hydrogen) atoms. The molecule has 0 radical (unpaired) electrons. The molecule has 0 amide bonds. The van der Waals surface area contributed by atoms with E-state index in [9.17, 15) is 5.26 Å². The van der Waals surface area contributed by atoms with Crippen LogP contribution in [0, 0.1) is 35.5 Å². The molecule has 1 aromatic rings. The van der Waals surface area contributed by atoms with Gasteiger partial charge in [0, 0.05) is 56.8 Å². The van der Waals surface area contributed by atoms with Crippen LogP contribution in [0.2, 0.25) is 0 Å². The van der Waals surface area contributed by atoms with Crippen LogP contribution in [-0.4, -0.2) is 47.6 Å². The van der Waals surface area contributed by atoms with Crippen LogP contribution in [0.15, 0.2) is 6.07 Å².